The van der Waals surface area contributed by atoms with Gasteiger partial charge in [-0.2, -0.15) is 0 Å². The molecule has 1 fully saturated rings. The van der Waals surface area contributed by atoms with Gasteiger partial charge in [0, 0.05) is 24.7 Å². The fraction of sp³-hybridized carbons (Fsp3) is 0.320. The Hall–Kier alpha value is -3.14. The molecule has 0 saturated carbocycles. The van der Waals surface area contributed by atoms with Crippen LogP contribution in [0.5, 0.6) is 0 Å². The fourth-order valence-corrected chi connectivity index (χ4v) is 4.18. The van der Waals surface area contributed by atoms with Gasteiger partial charge in [-0.15, -0.1) is 0 Å². The van der Waals surface area contributed by atoms with Gasteiger partial charge in [-0.3, -0.25) is 9.78 Å². The summed E-state index contributed by atoms with van der Waals surface area (Å²) in [6, 6.07) is 6.87. The third-order valence-electron chi connectivity index (χ3n) is 6.14. The first kappa shape index (κ1) is 24.0. The van der Waals surface area contributed by atoms with E-state index in [1.165, 1.54) is 12.4 Å². The predicted molar refractivity (Wildman–Crippen MR) is 116 cm³/mol. The number of aliphatic hydroxyl groups excluding tert-OH is 2. The number of hydrogen-bond donors (Lipinski definition) is 2. The van der Waals surface area contributed by atoms with Crippen molar-refractivity contribution < 1.29 is 32.9 Å². The first-order valence-electron chi connectivity index (χ1n) is 10.8. The van der Waals surface area contributed by atoms with Crippen LogP contribution in [0.2, 0.25) is 0 Å². The minimum absolute atomic E-state index is 0.171. The molecule has 0 aliphatic carbocycles. The van der Waals surface area contributed by atoms with E-state index in [0.717, 1.165) is 30.3 Å². The molecule has 3 heterocycles. The number of Topliss-reactive ketones (excluding diaryl/α,β-unsaturated/α-hetero) is 1. The summed E-state index contributed by atoms with van der Waals surface area (Å²) >= 11 is 0. The molecule has 0 spiro atoms. The molecule has 5 atom stereocenters. The van der Waals surface area contributed by atoms with E-state index in [0.29, 0.717) is 11.1 Å². The van der Waals surface area contributed by atoms with E-state index >= 15 is 0 Å². The molecule has 1 aliphatic rings. The second-order valence-corrected chi connectivity index (χ2v) is 8.40. The summed E-state index contributed by atoms with van der Waals surface area (Å²) < 4.78 is 48.7. The standard InChI is InChI=1S/C25H23F3N2O4/c1-12-23(32)24(33)13(2)34-25(12)15-8-9-29-11-14(15)10-20(31)19-7-6-18(28)22(30-19)21-16(26)4-3-5-17(21)27/h3-9,11-13,23-25,32-33H,10H2,1-2H3/t12-,13+,23+,24+,25+/m1/s1. The molecule has 0 amide bonds. The summed E-state index contributed by atoms with van der Waals surface area (Å²) in [4.78, 5) is 21.0. The van der Waals surface area contributed by atoms with Gasteiger partial charge in [0.1, 0.15) is 34.9 Å². The third-order valence-corrected chi connectivity index (χ3v) is 6.14. The SMILES string of the molecule is C[C@@H]1[C@H](O)[C@@H](O)[C@H](C)O[C@@H]1c1ccncc1CC(=O)c1ccc(F)c(-c2c(F)cccc2F)n1. The number of halogens is 3. The van der Waals surface area contributed by atoms with E-state index in [1.807, 2.05) is 0 Å². The maximum atomic E-state index is 14.4. The number of ether oxygens (including phenoxy) is 1. The van der Waals surface area contributed by atoms with E-state index in [4.69, 9.17) is 4.74 Å². The molecule has 6 nitrogen and oxygen atoms in total. The van der Waals surface area contributed by atoms with Crippen LogP contribution < -0.4 is 0 Å². The number of carbonyl (C=O) groups is 1. The van der Waals surface area contributed by atoms with E-state index in [2.05, 4.69) is 9.97 Å². The number of nitrogens with zero attached hydrogens (tertiary/aromatic N) is 2. The lowest BCUT2D eigenvalue weighted by Gasteiger charge is -2.41. The Morgan fingerprint density at radius 2 is 1.71 bits per heavy atom. The molecule has 0 bridgehead atoms. The highest BCUT2D eigenvalue weighted by Gasteiger charge is 2.41. The van der Waals surface area contributed by atoms with Crippen molar-refractivity contribution in [2.75, 3.05) is 0 Å². The predicted octanol–water partition coefficient (Wildman–Crippen LogP) is 3.80. The van der Waals surface area contributed by atoms with E-state index < -0.39 is 64.8 Å². The average Bonchev–Trinajstić information content (AvgIpc) is 2.81. The summed E-state index contributed by atoms with van der Waals surface area (Å²) in [5.74, 6) is -3.95. The van der Waals surface area contributed by atoms with Crippen LogP contribution in [-0.2, 0) is 11.2 Å². The van der Waals surface area contributed by atoms with Gasteiger partial charge in [-0.25, -0.2) is 18.2 Å². The summed E-state index contributed by atoms with van der Waals surface area (Å²) in [6.45, 7) is 3.37. The minimum atomic E-state index is -1.04. The number of aromatic nitrogens is 2. The maximum absolute atomic E-state index is 14.4. The number of ketones is 1. The maximum Gasteiger partial charge on any atom is 0.185 e. The zero-order chi connectivity index (χ0) is 24.6. The van der Waals surface area contributed by atoms with Crippen molar-refractivity contribution in [3.05, 3.63) is 83.1 Å². The topological polar surface area (TPSA) is 92.5 Å². The molecule has 3 aromatic rings. The van der Waals surface area contributed by atoms with Crippen molar-refractivity contribution in [2.45, 2.75) is 44.7 Å². The molecule has 0 radical (unpaired) electrons. The first-order valence-corrected chi connectivity index (χ1v) is 10.8. The molecule has 178 valence electrons. The number of hydrogen-bond acceptors (Lipinski definition) is 6. The van der Waals surface area contributed by atoms with Gasteiger partial charge in [0.05, 0.1) is 23.9 Å². The number of carbonyl (C=O) groups excluding carboxylic acids is 1. The molecule has 2 aromatic heterocycles. The normalized spacial score (nSPS) is 24.7. The Kier molecular flexibility index (Phi) is 6.79. The lowest BCUT2D eigenvalue weighted by atomic mass is 9.83. The molecule has 1 aromatic carbocycles. The summed E-state index contributed by atoms with van der Waals surface area (Å²) in [5, 5.41) is 20.5. The van der Waals surface area contributed by atoms with Gasteiger partial charge in [-0.05, 0) is 48.4 Å². The van der Waals surface area contributed by atoms with Crippen LogP contribution in [0.15, 0.2) is 48.8 Å². The molecule has 1 saturated heterocycles. The van der Waals surface area contributed by atoms with Gasteiger partial charge in [0.2, 0.25) is 0 Å². The second-order valence-electron chi connectivity index (χ2n) is 8.40. The number of aliphatic hydroxyl groups is 2. The van der Waals surface area contributed by atoms with Crippen molar-refractivity contribution in [3.8, 4) is 11.3 Å². The molecule has 4 rings (SSSR count). The highest BCUT2D eigenvalue weighted by atomic mass is 19.1. The highest BCUT2D eigenvalue weighted by Crippen LogP contribution is 2.38. The number of benzene rings is 1. The summed E-state index contributed by atoms with van der Waals surface area (Å²) in [6.07, 6.45) is -0.501. The Morgan fingerprint density at radius 1 is 1.00 bits per heavy atom. The first-order chi connectivity index (χ1) is 16.2. The molecular formula is C25H23F3N2O4. The Balaban J connectivity index is 1.65. The van der Waals surface area contributed by atoms with Crippen LogP contribution in [-0.4, -0.2) is 44.3 Å². The van der Waals surface area contributed by atoms with E-state index in [9.17, 15) is 28.2 Å². The molecule has 2 N–H and O–H groups in total. The van der Waals surface area contributed by atoms with Crippen molar-refractivity contribution >= 4 is 5.78 Å². The Bertz CT molecular complexity index is 1200. The largest absolute Gasteiger partial charge is 0.390 e. The van der Waals surface area contributed by atoms with Crippen LogP contribution in [0.1, 0.15) is 41.6 Å². The van der Waals surface area contributed by atoms with E-state index in [-0.39, 0.29) is 12.1 Å². The Morgan fingerprint density at radius 3 is 2.41 bits per heavy atom. The van der Waals surface area contributed by atoms with Crippen molar-refractivity contribution in [3.63, 3.8) is 0 Å². The monoisotopic (exact) mass is 472 g/mol. The fourth-order valence-electron chi connectivity index (χ4n) is 4.18. The van der Waals surface area contributed by atoms with Crippen LogP contribution in [0, 0.1) is 23.4 Å². The lowest BCUT2D eigenvalue weighted by Crippen LogP contribution is -2.49. The smallest absolute Gasteiger partial charge is 0.185 e. The number of rotatable bonds is 5. The third kappa shape index (κ3) is 4.46. The Labute approximate surface area is 194 Å². The van der Waals surface area contributed by atoms with Gasteiger partial charge in [-0.1, -0.05) is 13.0 Å². The summed E-state index contributed by atoms with van der Waals surface area (Å²) in [7, 11) is 0. The van der Waals surface area contributed by atoms with Gasteiger partial charge >= 0.3 is 0 Å². The molecule has 34 heavy (non-hydrogen) atoms. The van der Waals surface area contributed by atoms with Crippen LogP contribution in [0.3, 0.4) is 0 Å². The molecule has 1 aliphatic heterocycles. The van der Waals surface area contributed by atoms with Gasteiger partial charge in [0.25, 0.3) is 0 Å². The zero-order valence-corrected chi connectivity index (χ0v) is 18.5. The van der Waals surface area contributed by atoms with Crippen molar-refractivity contribution in [1.29, 1.82) is 0 Å². The van der Waals surface area contributed by atoms with Crippen molar-refractivity contribution in [2.24, 2.45) is 5.92 Å². The second kappa shape index (κ2) is 9.61. The van der Waals surface area contributed by atoms with Gasteiger partial charge < -0.3 is 14.9 Å². The molecule has 0 unspecified atom stereocenters. The highest BCUT2D eigenvalue weighted by molar-refractivity contribution is 5.96. The zero-order valence-electron chi connectivity index (χ0n) is 18.5. The number of pyridine rings is 2. The van der Waals surface area contributed by atoms with Crippen LogP contribution in [0.4, 0.5) is 13.2 Å². The van der Waals surface area contributed by atoms with Crippen LogP contribution >= 0.6 is 0 Å². The quantitative estimate of drug-likeness (QED) is 0.549. The average molecular weight is 472 g/mol. The minimum Gasteiger partial charge on any atom is -0.390 e. The van der Waals surface area contributed by atoms with Crippen molar-refractivity contribution in [1.82, 2.24) is 9.97 Å². The lowest BCUT2D eigenvalue weighted by molar-refractivity contribution is -0.192. The summed E-state index contributed by atoms with van der Waals surface area (Å²) in [5.41, 5.74) is -0.318. The van der Waals surface area contributed by atoms with Crippen LogP contribution in [0.25, 0.3) is 11.3 Å². The van der Waals surface area contributed by atoms with Gasteiger partial charge in [0.15, 0.2) is 5.78 Å². The van der Waals surface area contributed by atoms with E-state index in [1.54, 1.807) is 19.9 Å². The molecule has 9 heteroatoms. The molecular weight excluding hydrogens is 449 g/mol.